The molecule has 1 aliphatic carbocycles. The Kier molecular flexibility index (Phi) is 5.77. The number of carbonyl (C=O) groups is 1. The van der Waals surface area contributed by atoms with Crippen LogP contribution in [-0.4, -0.2) is 49.3 Å². The molecule has 0 radical (unpaired) electrons. The molecule has 0 saturated heterocycles. The van der Waals surface area contributed by atoms with Crippen molar-refractivity contribution in [2.75, 3.05) is 27.3 Å². The monoisotopic (exact) mass is 229 g/mol. The number of nitrogens with zero attached hydrogens (tertiary/aromatic N) is 1. The molecule has 1 rings (SSSR count). The van der Waals surface area contributed by atoms with Crippen LogP contribution in [0, 0.1) is 5.92 Å². The minimum Gasteiger partial charge on any atom is -0.481 e. The van der Waals surface area contributed by atoms with Crippen molar-refractivity contribution in [3.8, 4) is 0 Å². The Bertz CT molecular complexity index is 212. The largest absolute Gasteiger partial charge is 0.481 e. The summed E-state index contributed by atoms with van der Waals surface area (Å²) in [7, 11) is 3.85. The molecule has 1 N–H and O–H groups in total. The third-order valence-corrected chi connectivity index (χ3v) is 3.53. The minimum absolute atomic E-state index is 0.108. The highest BCUT2D eigenvalue weighted by atomic mass is 16.5. The van der Waals surface area contributed by atoms with Crippen molar-refractivity contribution in [2.24, 2.45) is 5.92 Å². The molecule has 0 spiro atoms. The van der Waals surface area contributed by atoms with Crippen LogP contribution in [0.1, 0.15) is 32.1 Å². The van der Waals surface area contributed by atoms with Crippen LogP contribution in [0.25, 0.3) is 0 Å². The molecule has 0 aromatic carbocycles. The lowest BCUT2D eigenvalue weighted by Crippen LogP contribution is -2.37. The number of carboxylic acids is 1. The van der Waals surface area contributed by atoms with Gasteiger partial charge in [0.05, 0.1) is 5.92 Å². The molecule has 0 atom stereocenters. The lowest BCUT2D eigenvalue weighted by molar-refractivity contribution is -0.143. The number of carboxylic acid groups (broad SMARTS) is 1. The van der Waals surface area contributed by atoms with E-state index >= 15 is 0 Å². The quantitative estimate of drug-likeness (QED) is 0.703. The lowest BCUT2D eigenvalue weighted by Gasteiger charge is -2.33. The van der Waals surface area contributed by atoms with E-state index in [0.29, 0.717) is 6.04 Å². The van der Waals surface area contributed by atoms with Gasteiger partial charge in [0.15, 0.2) is 0 Å². The molecule has 0 bridgehead atoms. The first-order valence-electron chi connectivity index (χ1n) is 6.07. The van der Waals surface area contributed by atoms with E-state index in [1.807, 2.05) is 0 Å². The molecule has 4 heteroatoms. The molecular formula is C12H23NO3. The Hall–Kier alpha value is -0.610. The van der Waals surface area contributed by atoms with E-state index in [4.69, 9.17) is 9.84 Å². The zero-order valence-corrected chi connectivity index (χ0v) is 10.3. The summed E-state index contributed by atoms with van der Waals surface area (Å²) in [4.78, 5) is 13.2. The maximum atomic E-state index is 10.8. The van der Waals surface area contributed by atoms with Crippen molar-refractivity contribution in [3.05, 3.63) is 0 Å². The van der Waals surface area contributed by atoms with Gasteiger partial charge >= 0.3 is 5.97 Å². The Labute approximate surface area is 97.6 Å². The van der Waals surface area contributed by atoms with Gasteiger partial charge < -0.3 is 14.7 Å². The normalized spacial score (nSPS) is 25.9. The molecule has 4 nitrogen and oxygen atoms in total. The topological polar surface area (TPSA) is 49.8 Å². The Morgan fingerprint density at radius 1 is 1.38 bits per heavy atom. The van der Waals surface area contributed by atoms with Crippen LogP contribution in [0.15, 0.2) is 0 Å². The van der Waals surface area contributed by atoms with E-state index in [9.17, 15) is 4.79 Å². The predicted molar refractivity (Wildman–Crippen MR) is 62.5 cm³/mol. The lowest BCUT2D eigenvalue weighted by atomic mass is 9.85. The van der Waals surface area contributed by atoms with Gasteiger partial charge in [-0.3, -0.25) is 4.79 Å². The van der Waals surface area contributed by atoms with Crippen molar-refractivity contribution in [1.82, 2.24) is 4.90 Å². The first-order chi connectivity index (χ1) is 7.65. The van der Waals surface area contributed by atoms with Crippen LogP contribution in [0.5, 0.6) is 0 Å². The fourth-order valence-corrected chi connectivity index (χ4v) is 2.40. The second kappa shape index (κ2) is 6.86. The van der Waals surface area contributed by atoms with Crippen molar-refractivity contribution >= 4 is 5.97 Å². The summed E-state index contributed by atoms with van der Waals surface area (Å²) in [6, 6.07) is 0.562. The second-order valence-electron chi connectivity index (χ2n) is 4.67. The first kappa shape index (κ1) is 13.5. The Balaban J connectivity index is 2.22. The van der Waals surface area contributed by atoms with Gasteiger partial charge in [-0.25, -0.2) is 0 Å². The zero-order chi connectivity index (χ0) is 12.0. The molecule has 0 aromatic heterocycles. The van der Waals surface area contributed by atoms with Crippen LogP contribution in [-0.2, 0) is 9.53 Å². The number of methoxy groups -OCH3 is 1. The van der Waals surface area contributed by atoms with Gasteiger partial charge in [-0.15, -0.1) is 0 Å². The van der Waals surface area contributed by atoms with Gasteiger partial charge in [0.1, 0.15) is 0 Å². The molecule has 0 aliphatic heterocycles. The number of hydrogen-bond donors (Lipinski definition) is 1. The highest BCUT2D eigenvalue weighted by Gasteiger charge is 2.27. The molecule has 16 heavy (non-hydrogen) atoms. The van der Waals surface area contributed by atoms with Gasteiger partial charge in [0, 0.05) is 26.3 Å². The molecule has 0 unspecified atom stereocenters. The standard InChI is InChI=1S/C12H23NO3/c1-13(8-3-9-16-2)11-6-4-10(5-7-11)12(14)15/h10-11H,3-9H2,1-2H3,(H,14,15). The highest BCUT2D eigenvalue weighted by Crippen LogP contribution is 2.27. The second-order valence-corrected chi connectivity index (χ2v) is 4.67. The van der Waals surface area contributed by atoms with Crippen LogP contribution in [0.3, 0.4) is 0 Å². The van der Waals surface area contributed by atoms with Crippen molar-refractivity contribution in [2.45, 2.75) is 38.1 Å². The molecule has 0 aromatic rings. The van der Waals surface area contributed by atoms with Crippen LogP contribution >= 0.6 is 0 Å². The minimum atomic E-state index is -0.625. The summed E-state index contributed by atoms with van der Waals surface area (Å²) in [6.07, 6.45) is 4.73. The molecule has 1 fully saturated rings. The van der Waals surface area contributed by atoms with E-state index < -0.39 is 5.97 Å². The summed E-state index contributed by atoms with van der Waals surface area (Å²) in [5.74, 6) is -0.732. The molecule has 1 aliphatic rings. The van der Waals surface area contributed by atoms with Gasteiger partial charge in [0.2, 0.25) is 0 Å². The molecular weight excluding hydrogens is 206 g/mol. The van der Waals surface area contributed by atoms with E-state index in [0.717, 1.165) is 45.3 Å². The molecule has 0 amide bonds. The Morgan fingerprint density at radius 2 is 2.00 bits per heavy atom. The van der Waals surface area contributed by atoms with Gasteiger partial charge in [-0.2, -0.15) is 0 Å². The third kappa shape index (κ3) is 4.10. The molecule has 94 valence electrons. The van der Waals surface area contributed by atoms with Crippen LogP contribution < -0.4 is 0 Å². The number of ether oxygens (including phenoxy) is 1. The first-order valence-corrected chi connectivity index (χ1v) is 6.07. The van der Waals surface area contributed by atoms with Gasteiger partial charge in [-0.05, 0) is 39.2 Å². The maximum Gasteiger partial charge on any atom is 0.306 e. The maximum absolute atomic E-state index is 10.8. The predicted octanol–water partition coefficient (Wildman–Crippen LogP) is 1.60. The molecule has 0 heterocycles. The Morgan fingerprint density at radius 3 is 2.50 bits per heavy atom. The summed E-state index contributed by atoms with van der Waals surface area (Å²) in [5, 5.41) is 8.91. The fraction of sp³-hybridized carbons (Fsp3) is 0.917. The van der Waals surface area contributed by atoms with E-state index in [2.05, 4.69) is 11.9 Å². The number of hydrogen-bond acceptors (Lipinski definition) is 3. The summed E-state index contributed by atoms with van der Waals surface area (Å²) in [5.41, 5.74) is 0. The highest BCUT2D eigenvalue weighted by molar-refractivity contribution is 5.70. The van der Waals surface area contributed by atoms with Crippen molar-refractivity contribution in [3.63, 3.8) is 0 Å². The average molecular weight is 229 g/mol. The SMILES string of the molecule is COCCCN(C)C1CCC(C(=O)O)CC1. The summed E-state index contributed by atoms with van der Waals surface area (Å²) < 4.78 is 5.02. The number of aliphatic carboxylic acids is 1. The van der Waals surface area contributed by atoms with Crippen LogP contribution in [0.2, 0.25) is 0 Å². The van der Waals surface area contributed by atoms with Crippen molar-refractivity contribution < 1.29 is 14.6 Å². The fourth-order valence-electron chi connectivity index (χ4n) is 2.40. The zero-order valence-electron chi connectivity index (χ0n) is 10.3. The smallest absolute Gasteiger partial charge is 0.306 e. The van der Waals surface area contributed by atoms with Gasteiger partial charge in [0.25, 0.3) is 0 Å². The van der Waals surface area contributed by atoms with E-state index in [-0.39, 0.29) is 5.92 Å². The summed E-state index contributed by atoms with van der Waals surface area (Å²) in [6.45, 7) is 1.84. The third-order valence-electron chi connectivity index (χ3n) is 3.53. The van der Waals surface area contributed by atoms with Crippen LogP contribution in [0.4, 0.5) is 0 Å². The van der Waals surface area contributed by atoms with E-state index in [1.165, 1.54) is 0 Å². The summed E-state index contributed by atoms with van der Waals surface area (Å²) >= 11 is 0. The number of rotatable bonds is 6. The average Bonchev–Trinajstić information content (AvgIpc) is 2.29. The van der Waals surface area contributed by atoms with Crippen molar-refractivity contribution in [1.29, 1.82) is 0 Å². The molecule has 1 saturated carbocycles. The van der Waals surface area contributed by atoms with E-state index in [1.54, 1.807) is 7.11 Å². The van der Waals surface area contributed by atoms with Gasteiger partial charge in [-0.1, -0.05) is 0 Å².